The first-order valence-corrected chi connectivity index (χ1v) is 8.56. The summed E-state index contributed by atoms with van der Waals surface area (Å²) in [6.45, 7) is 0. The molecule has 3 aromatic rings. The molecule has 0 fully saturated rings. The smallest absolute Gasteiger partial charge is 0.326 e. The van der Waals surface area contributed by atoms with Gasteiger partial charge in [-0.05, 0) is 35.9 Å². The van der Waals surface area contributed by atoms with E-state index in [9.17, 15) is 18.4 Å². The van der Waals surface area contributed by atoms with Crippen molar-refractivity contribution < 1.29 is 18.4 Å². The SMILES string of the molecule is NC(=O)N(C(=O)c1c(F)cccc1F)c1csc(-c2ccc(Cl)cc2)c1. The van der Waals surface area contributed by atoms with Crippen molar-refractivity contribution >= 4 is 40.6 Å². The lowest BCUT2D eigenvalue weighted by Gasteiger charge is -2.17. The predicted molar refractivity (Wildman–Crippen MR) is 97.5 cm³/mol. The summed E-state index contributed by atoms with van der Waals surface area (Å²) in [5, 5.41) is 2.07. The van der Waals surface area contributed by atoms with Crippen LogP contribution >= 0.6 is 22.9 Å². The van der Waals surface area contributed by atoms with Crippen molar-refractivity contribution in [3.63, 3.8) is 0 Å². The van der Waals surface area contributed by atoms with Crippen molar-refractivity contribution in [2.45, 2.75) is 0 Å². The molecule has 0 saturated carbocycles. The summed E-state index contributed by atoms with van der Waals surface area (Å²) < 4.78 is 27.8. The van der Waals surface area contributed by atoms with Crippen molar-refractivity contribution in [2.75, 3.05) is 4.90 Å². The Kier molecular flexibility index (Phi) is 5.01. The van der Waals surface area contributed by atoms with E-state index in [1.807, 2.05) is 0 Å². The summed E-state index contributed by atoms with van der Waals surface area (Å²) in [4.78, 5) is 25.6. The van der Waals surface area contributed by atoms with Gasteiger partial charge in [0.2, 0.25) is 0 Å². The third kappa shape index (κ3) is 3.44. The largest absolute Gasteiger partial charge is 0.351 e. The van der Waals surface area contributed by atoms with Gasteiger partial charge in [-0.3, -0.25) is 4.79 Å². The second kappa shape index (κ2) is 7.23. The molecule has 132 valence electrons. The molecule has 2 aromatic carbocycles. The summed E-state index contributed by atoms with van der Waals surface area (Å²) >= 11 is 7.10. The lowest BCUT2D eigenvalue weighted by Crippen LogP contribution is -2.41. The number of hydrogen-bond acceptors (Lipinski definition) is 3. The van der Waals surface area contributed by atoms with Gasteiger partial charge in [0.1, 0.15) is 17.2 Å². The highest BCUT2D eigenvalue weighted by atomic mass is 35.5. The Morgan fingerprint density at radius 3 is 2.23 bits per heavy atom. The molecule has 0 aliphatic rings. The number of carbonyl (C=O) groups is 2. The van der Waals surface area contributed by atoms with E-state index in [-0.39, 0.29) is 5.69 Å². The molecule has 0 bridgehead atoms. The van der Waals surface area contributed by atoms with Crippen molar-refractivity contribution in [3.8, 4) is 10.4 Å². The third-order valence-corrected chi connectivity index (χ3v) is 4.79. The minimum atomic E-state index is -1.17. The number of amides is 3. The van der Waals surface area contributed by atoms with Crippen molar-refractivity contribution in [1.82, 2.24) is 0 Å². The van der Waals surface area contributed by atoms with Gasteiger partial charge in [0.15, 0.2) is 0 Å². The van der Waals surface area contributed by atoms with E-state index in [1.54, 1.807) is 24.3 Å². The van der Waals surface area contributed by atoms with Crippen LogP contribution in [0, 0.1) is 11.6 Å². The van der Waals surface area contributed by atoms with Crippen LogP contribution in [0.5, 0.6) is 0 Å². The molecule has 0 radical (unpaired) electrons. The van der Waals surface area contributed by atoms with E-state index in [0.29, 0.717) is 9.92 Å². The van der Waals surface area contributed by atoms with E-state index in [4.69, 9.17) is 17.3 Å². The number of nitrogens with two attached hydrogens (primary N) is 1. The standard InChI is InChI=1S/C18H11ClF2N2O2S/c19-11-6-4-10(5-7-11)15-8-12(9-26-15)23(18(22)25)17(24)16-13(20)2-1-3-14(16)21/h1-9H,(H2,22,25). The quantitative estimate of drug-likeness (QED) is 0.676. The highest BCUT2D eigenvalue weighted by Gasteiger charge is 2.28. The Morgan fingerprint density at radius 1 is 1.04 bits per heavy atom. The number of urea groups is 1. The fourth-order valence-corrected chi connectivity index (χ4v) is 3.38. The maximum Gasteiger partial charge on any atom is 0.326 e. The number of rotatable bonds is 3. The van der Waals surface area contributed by atoms with E-state index in [0.717, 1.165) is 28.6 Å². The average molecular weight is 393 g/mol. The number of benzene rings is 2. The van der Waals surface area contributed by atoms with E-state index in [2.05, 4.69) is 0 Å². The molecule has 8 heteroatoms. The van der Waals surface area contributed by atoms with Gasteiger partial charge in [0.25, 0.3) is 5.91 Å². The third-order valence-electron chi connectivity index (χ3n) is 3.57. The summed E-state index contributed by atoms with van der Waals surface area (Å²) in [6, 6.07) is 10.3. The Morgan fingerprint density at radius 2 is 1.65 bits per heavy atom. The molecule has 0 aliphatic heterocycles. The molecule has 0 atom stereocenters. The topological polar surface area (TPSA) is 63.4 Å². The zero-order valence-corrected chi connectivity index (χ0v) is 14.7. The maximum atomic E-state index is 13.9. The predicted octanol–water partition coefficient (Wildman–Crippen LogP) is 5.07. The van der Waals surface area contributed by atoms with E-state index in [1.165, 1.54) is 22.8 Å². The zero-order chi connectivity index (χ0) is 18.8. The number of halogens is 3. The second-order valence-corrected chi connectivity index (χ2v) is 6.60. The first kappa shape index (κ1) is 18.0. The van der Waals surface area contributed by atoms with Crippen molar-refractivity contribution in [3.05, 3.63) is 76.1 Å². The molecule has 2 N–H and O–H groups in total. The summed E-state index contributed by atoms with van der Waals surface area (Å²) in [5.41, 5.74) is 5.37. The highest BCUT2D eigenvalue weighted by molar-refractivity contribution is 7.14. The van der Waals surface area contributed by atoms with Crippen molar-refractivity contribution in [2.24, 2.45) is 5.73 Å². The molecule has 26 heavy (non-hydrogen) atoms. The van der Waals surface area contributed by atoms with Crippen LogP contribution in [0.3, 0.4) is 0 Å². The van der Waals surface area contributed by atoms with E-state index >= 15 is 0 Å². The van der Waals surface area contributed by atoms with Crippen LogP contribution < -0.4 is 10.6 Å². The molecule has 0 saturated heterocycles. The number of hydrogen-bond donors (Lipinski definition) is 1. The van der Waals surface area contributed by atoms with Crippen LogP contribution in [-0.4, -0.2) is 11.9 Å². The number of thiophene rings is 1. The van der Waals surface area contributed by atoms with Gasteiger partial charge in [-0.1, -0.05) is 29.8 Å². The van der Waals surface area contributed by atoms with Gasteiger partial charge in [0, 0.05) is 15.3 Å². The molecular weight excluding hydrogens is 382 g/mol. The number of anilines is 1. The fourth-order valence-electron chi connectivity index (χ4n) is 2.37. The van der Waals surface area contributed by atoms with Gasteiger partial charge in [-0.15, -0.1) is 11.3 Å². The average Bonchev–Trinajstić information content (AvgIpc) is 3.04. The first-order chi connectivity index (χ1) is 12.4. The van der Waals surface area contributed by atoms with Gasteiger partial charge in [-0.2, -0.15) is 0 Å². The molecule has 3 amide bonds. The fraction of sp³-hybridized carbons (Fsp3) is 0. The first-order valence-electron chi connectivity index (χ1n) is 7.31. The van der Waals surface area contributed by atoms with Gasteiger partial charge >= 0.3 is 6.03 Å². The van der Waals surface area contributed by atoms with Crippen LogP contribution in [0.25, 0.3) is 10.4 Å². The zero-order valence-electron chi connectivity index (χ0n) is 13.1. The van der Waals surface area contributed by atoms with Crippen LogP contribution in [0.2, 0.25) is 5.02 Å². The number of nitrogens with zero attached hydrogens (tertiary/aromatic N) is 1. The van der Waals surface area contributed by atoms with Crippen LogP contribution in [-0.2, 0) is 0 Å². The molecule has 0 aliphatic carbocycles. The molecule has 4 nitrogen and oxygen atoms in total. The Bertz CT molecular complexity index is 969. The maximum absolute atomic E-state index is 13.9. The second-order valence-electron chi connectivity index (χ2n) is 5.25. The Hall–Kier alpha value is -2.77. The summed E-state index contributed by atoms with van der Waals surface area (Å²) in [7, 11) is 0. The Labute approximate surface area is 156 Å². The lowest BCUT2D eigenvalue weighted by molar-refractivity contribution is 0.0987. The van der Waals surface area contributed by atoms with Gasteiger partial charge in [0.05, 0.1) is 5.69 Å². The van der Waals surface area contributed by atoms with Crippen molar-refractivity contribution in [1.29, 1.82) is 0 Å². The molecule has 1 aromatic heterocycles. The monoisotopic (exact) mass is 392 g/mol. The molecule has 0 unspecified atom stereocenters. The Balaban J connectivity index is 2.00. The number of primary amides is 1. The van der Waals surface area contributed by atoms with Gasteiger partial charge in [-0.25, -0.2) is 18.5 Å². The van der Waals surface area contributed by atoms with Gasteiger partial charge < -0.3 is 5.73 Å². The minimum absolute atomic E-state index is 0.125. The lowest BCUT2D eigenvalue weighted by atomic mass is 10.1. The van der Waals surface area contributed by atoms with Crippen LogP contribution in [0.1, 0.15) is 10.4 Å². The molecule has 0 spiro atoms. The molecule has 3 rings (SSSR count). The normalized spacial score (nSPS) is 10.6. The van der Waals surface area contributed by atoms with Crippen LogP contribution in [0.4, 0.5) is 19.3 Å². The minimum Gasteiger partial charge on any atom is -0.351 e. The summed E-state index contributed by atoms with van der Waals surface area (Å²) in [6.07, 6.45) is 0. The molecular formula is C18H11ClF2N2O2S. The number of imide groups is 1. The van der Waals surface area contributed by atoms with Crippen LogP contribution in [0.15, 0.2) is 53.9 Å². The van der Waals surface area contributed by atoms with E-state index < -0.39 is 29.1 Å². The molecule has 1 heterocycles. The number of carbonyl (C=O) groups excluding carboxylic acids is 2. The summed E-state index contributed by atoms with van der Waals surface area (Å²) in [5.74, 6) is -3.32. The highest BCUT2D eigenvalue weighted by Crippen LogP contribution is 2.33.